The number of rotatable bonds is 5. The van der Waals surface area contributed by atoms with Gasteiger partial charge < -0.3 is 10.2 Å². The molecule has 0 aromatic heterocycles. The first-order valence-electron chi connectivity index (χ1n) is 5.20. The summed E-state index contributed by atoms with van der Waals surface area (Å²) in [5, 5.41) is 3.85. The van der Waals surface area contributed by atoms with Gasteiger partial charge >= 0.3 is 0 Å². The Hall–Kier alpha value is -1.13. The van der Waals surface area contributed by atoms with Crippen LogP contribution in [0.25, 0.3) is 0 Å². The lowest BCUT2D eigenvalue weighted by Gasteiger charge is -2.23. The van der Waals surface area contributed by atoms with Crippen LogP contribution in [0.2, 0.25) is 0 Å². The summed E-state index contributed by atoms with van der Waals surface area (Å²) in [6.45, 7) is 8.83. The zero-order valence-electron chi connectivity index (χ0n) is 9.53. The van der Waals surface area contributed by atoms with Gasteiger partial charge in [0.05, 0.1) is 0 Å². The third-order valence-electron chi connectivity index (χ3n) is 2.06. The minimum Gasteiger partial charge on any atom is -0.342 e. The van der Waals surface area contributed by atoms with E-state index in [0.717, 1.165) is 10.2 Å². The van der Waals surface area contributed by atoms with Crippen molar-refractivity contribution in [1.82, 2.24) is 4.90 Å². The lowest BCUT2D eigenvalue weighted by molar-refractivity contribution is 0.522. The molecule has 0 aliphatic carbocycles. The molecule has 0 radical (unpaired) electrons. The van der Waals surface area contributed by atoms with Crippen molar-refractivity contribution in [2.24, 2.45) is 0 Å². The monoisotopic (exact) mass is 310 g/mol. The highest BCUT2D eigenvalue weighted by molar-refractivity contribution is 9.10. The normalized spacial score (nSPS) is 9.47. The Morgan fingerprint density at radius 3 is 2.53 bits per heavy atom. The van der Waals surface area contributed by atoms with Crippen molar-refractivity contribution >= 4 is 38.9 Å². The molecule has 0 heterocycles. The van der Waals surface area contributed by atoms with Crippen LogP contribution in [-0.2, 0) is 0 Å². The molecule has 0 bridgehead atoms. The number of hydrogen-bond donors (Lipinski definition) is 1. The van der Waals surface area contributed by atoms with Gasteiger partial charge in [-0.1, -0.05) is 34.1 Å². The molecule has 0 unspecified atom stereocenters. The maximum absolute atomic E-state index is 5.34. The highest BCUT2D eigenvalue weighted by Crippen LogP contribution is 2.16. The van der Waals surface area contributed by atoms with Crippen molar-refractivity contribution in [3.05, 3.63) is 54.0 Å². The molecule has 0 aliphatic rings. The maximum Gasteiger partial charge on any atom is 0.173 e. The fraction of sp³-hybridized carbons (Fsp3) is 0.154. The van der Waals surface area contributed by atoms with Gasteiger partial charge in [-0.15, -0.1) is 13.2 Å². The molecule has 1 aromatic carbocycles. The third kappa shape index (κ3) is 4.71. The molecule has 0 aliphatic heterocycles. The summed E-state index contributed by atoms with van der Waals surface area (Å²) in [6.07, 6.45) is 3.64. The van der Waals surface area contributed by atoms with Gasteiger partial charge in [-0.3, -0.25) is 0 Å². The van der Waals surface area contributed by atoms with E-state index in [1.807, 2.05) is 41.3 Å². The van der Waals surface area contributed by atoms with E-state index in [1.165, 1.54) is 0 Å². The van der Waals surface area contributed by atoms with Gasteiger partial charge in [0.15, 0.2) is 5.11 Å². The number of halogens is 1. The highest BCUT2D eigenvalue weighted by Gasteiger charge is 2.06. The molecule has 17 heavy (non-hydrogen) atoms. The summed E-state index contributed by atoms with van der Waals surface area (Å²) < 4.78 is 1.02. The highest BCUT2D eigenvalue weighted by atomic mass is 79.9. The van der Waals surface area contributed by atoms with Crippen molar-refractivity contribution in [2.45, 2.75) is 0 Å². The number of nitrogens with zero attached hydrogens (tertiary/aromatic N) is 1. The number of hydrogen-bond acceptors (Lipinski definition) is 1. The van der Waals surface area contributed by atoms with E-state index in [0.29, 0.717) is 18.2 Å². The van der Waals surface area contributed by atoms with Crippen LogP contribution in [-0.4, -0.2) is 23.1 Å². The van der Waals surface area contributed by atoms with E-state index in [9.17, 15) is 0 Å². The zero-order valence-corrected chi connectivity index (χ0v) is 11.9. The molecular weight excluding hydrogens is 296 g/mol. The topological polar surface area (TPSA) is 15.3 Å². The quantitative estimate of drug-likeness (QED) is 0.657. The van der Waals surface area contributed by atoms with Crippen LogP contribution in [0.1, 0.15) is 0 Å². The van der Waals surface area contributed by atoms with Gasteiger partial charge in [0.2, 0.25) is 0 Å². The van der Waals surface area contributed by atoms with Crippen molar-refractivity contribution in [3.63, 3.8) is 0 Å². The van der Waals surface area contributed by atoms with Crippen molar-refractivity contribution in [2.75, 3.05) is 18.4 Å². The van der Waals surface area contributed by atoms with Crippen LogP contribution in [0.4, 0.5) is 5.69 Å². The predicted molar refractivity (Wildman–Crippen MR) is 82.3 cm³/mol. The van der Waals surface area contributed by atoms with Gasteiger partial charge in [0.1, 0.15) is 0 Å². The van der Waals surface area contributed by atoms with E-state index in [1.54, 1.807) is 0 Å². The summed E-state index contributed by atoms with van der Waals surface area (Å²) in [6, 6.07) is 7.88. The van der Waals surface area contributed by atoms with Crippen LogP contribution >= 0.6 is 28.1 Å². The fourth-order valence-corrected chi connectivity index (χ4v) is 1.99. The Morgan fingerprint density at radius 1 is 1.35 bits per heavy atom. The average molecular weight is 311 g/mol. The molecule has 0 saturated carbocycles. The molecule has 0 fully saturated rings. The smallest absolute Gasteiger partial charge is 0.173 e. The van der Waals surface area contributed by atoms with Gasteiger partial charge in [0, 0.05) is 23.2 Å². The molecule has 0 amide bonds. The SMILES string of the molecule is C=CCN(CC=C)C(=S)Nc1cccc(Br)c1. The first-order chi connectivity index (χ1) is 8.17. The molecule has 0 atom stereocenters. The van der Waals surface area contributed by atoms with Gasteiger partial charge in [0.25, 0.3) is 0 Å². The van der Waals surface area contributed by atoms with Gasteiger partial charge in [-0.25, -0.2) is 0 Å². The molecule has 4 heteroatoms. The largest absolute Gasteiger partial charge is 0.342 e. The Bertz CT molecular complexity index is 408. The Morgan fingerprint density at radius 2 is 2.00 bits per heavy atom. The van der Waals surface area contributed by atoms with E-state index >= 15 is 0 Å². The zero-order chi connectivity index (χ0) is 12.7. The summed E-state index contributed by atoms with van der Waals surface area (Å²) in [5.74, 6) is 0. The molecule has 1 rings (SSSR count). The fourth-order valence-electron chi connectivity index (χ4n) is 1.32. The molecule has 90 valence electrons. The first kappa shape index (κ1) is 13.9. The second-order valence-electron chi connectivity index (χ2n) is 3.42. The number of anilines is 1. The number of thiocarbonyl (C=S) groups is 1. The molecule has 1 N–H and O–H groups in total. The minimum absolute atomic E-state index is 0.669. The van der Waals surface area contributed by atoms with Crippen LogP contribution in [0, 0.1) is 0 Å². The number of benzene rings is 1. The Labute approximate surface area is 116 Å². The van der Waals surface area contributed by atoms with Gasteiger partial charge in [-0.2, -0.15) is 0 Å². The van der Waals surface area contributed by atoms with E-state index in [-0.39, 0.29) is 0 Å². The van der Waals surface area contributed by atoms with Crippen LogP contribution < -0.4 is 5.32 Å². The molecular formula is C13H15BrN2S. The Balaban J connectivity index is 2.68. The van der Waals surface area contributed by atoms with Crippen LogP contribution in [0.5, 0.6) is 0 Å². The number of nitrogens with one attached hydrogen (secondary N) is 1. The van der Waals surface area contributed by atoms with E-state index < -0.39 is 0 Å². The minimum atomic E-state index is 0.669. The van der Waals surface area contributed by atoms with Crippen molar-refractivity contribution in [3.8, 4) is 0 Å². The summed E-state index contributed by atoms with van der Waals surface area (Å²) in [7, 11) is 0. The maximum atomic E-state index is 5.34. The molecule has 0 saturated heterocycles. The Kier molecular flexibility index (Phi) is 5.94. The van der Waals surface area contributed by atoms with Crippen LogP contribution in [0.3, 0.4) is 0 Å². The van der Waals surface area contributed by atoms with Gasteiger partial charge in [-0.05, 0) is 30.4 Å². The lowest BCUT2D eigenvalue weighted by atomic mass is 10.3. The summed E-state index contributed by atoms with van der Waals surface area (Å²) >= 11 is 8.76. The summed E-state index contributed by atoms with van der Waals surface area (Å²) in [4.78, 5) is 1.98. The van der Waals surface area contributed by atoms with E-state index in [2.05, 4.69) is 34.4 Å². The molecule has 0 spiro atoms. The second kappa shape index (κ2) is 7.25. The third-order valence-corrected chi connectivity index (χ3v) is 2.92. The average Bonchev–Trinajstić information content (AvgIpc) is 2.28. The molecule has 1 aromatic rings. The van der Waals surface area contributed by atoms with Crippen LogP contribution in [0.15, 0.2) is 54.0 Å². The standard InChI is InChI=1S/C13H15BrN2S/c1-3-8-16(9-4-2)13(17)15-12-7-5-6-11(14)10-12/h3-7,10H,1-2,8-9H2,(H,15,17). The van der Waals surface area contributed by atoms with Crippen molar-refractivity contribution < 1.29 is 0 Å². The van der Waals surface area contributed by atoms with E-state index in [4.69, 9.17) is 12.2 Å². The first-order valence-corrected chi connectivity index (χ1v) is 6.40. The lowest BCUT2D eigenvalue weighted by Crippen LogP contribution is -2.34. The predicted octanol–water partition coefficient (Wildman–Crippen LogP) is 3.82. The molecule has 2 nitrogen and oxygen atoms in total. The summed E-state index contributed by atoms with van der Waals surface area (Å²) in [5.41, 5.74) is 0.961. The van der Waals surface area contributed by atoms with Crippen molar-refractivity contribution in [1.29, 1.82) is 0 Å². The second-order valence-corrected chi connectivity index (χ2v) is 4.73.